The van der Waals surface area contributed by atoms with Crippen LogP contribution in [0.1, 0.15) is 16.7 Å². The molecule has 0 atom stereocenters. The molecule has 112 valence electrons. The van der Waals surface area contributed by atoms with Crippen molar-refractivity contribution in [1.82, 2.24) is 5.32 Å². The fourth-order valence-corrected chi connectivity index (χ4v) is 2.28. The summed E-state index contributed by atoms with van der Waals surface area (Å²) in [5.74, 6) is 0.202. The normalized spacial score (nSPS) is 10.9. The largest absolute Gasteiger partial charge is 0.434 e. The van der Waals surface area contributed by atoms with Gasteiger partial charge in [0.05, 0.1) is 0 Å². The van der Waals surface area contributed by atoms with E-state index in [9.17, 15) is 8.78 Å². The predicted octanol–water partition coefficient (Wildman–Crippen LogP) is 4.54. The van der Waals surface area contributed by atoms with E-state index in [1.165, 1.54) is 6.07 Å². The van der Waals surface area contributed by atoms with Crippen LogP contribution in [0.15, 0.2) is 42.5 Å². The van der Waals surface area contributed by atoms with E-state index in [2.05, 4.69) is 10.1 Å². The van der Waals surface area contributed by atoms with Crippen LogP contribution in [0.4, 0.5) is 8.78 Å². The highest BCUT2D eigenvalue weighted by Gasteiger charge is 2.08. The zero-order valence-electron chi connectivity index (χ0n) is 11.6. The zero-order valence-corrected chi connectivity index (χ0v) is 12.3. The molecule has 0 aliphatic rings. The quantitative estimate of drug-likeness (QED) is 0.845. The van der Waals surface area contributed by atoms with E-state index in [-0.39, 0.29) is 5.75 Å². The van der Waals surface area contributed by atoms with Gasteiger partial charge < -0.3 is 10.1 Å². The van der Waals surface area contributed by atoms with Crippen LogP contribution in [0.3, 0.4) is 0 Å². The Hall–Kier alpha value is -1.65. The molecule has 0 aliphatic carbocycles. The number of para-hydroxylation sites is 1. The zero-order chi connectivity index (χ0) is 15.2. The van der Waals surface area contributed by atoms with Gasteiger partial charge in [0.2, 0.25) is 0 Å². The van der Waals surface area contributed by atoms with Gasteiger partial charge in [-0.1, -0.05) is 35.9 Å². The first-order valence-electron chi connectivity index (χ1n) is 6.54. The first-order valence-corrected chi connectivity index (χ1v) is 6.92. The molecule has 5 heteroatoms. The summed E-state index contributed by atoms with van der Waals surface area (Å²) in [7, 11) is 0. The predicted molar refractivity (Wildman–Crippen MR) is 79.8 cm³/mol. The van der Waals surface area contributed by atoms with Gasteiger partial charge in [-0.05, 0) is 36.2 Å². The van der Waals surface area contributed by atoms with Gasteiger partial charge in [0.25, 0.3) is 0 Å². The van der Waals surface area contributed by atoms with Crippen LogP contribution in [-0.2, 0) is 13.1 Å². The smallest absolute Gasteiger partial charge is 0.387 e. The van der Waals surface area contributed by atoms with Gasteiger partial charge in [0, 0.05) is 23.7 Å². The standard InChI is InChI=1S/C16H16ClF2NO/c1-11-8-14(17)7-6-12(11)9-20-10-13-4-2-3-5-15(13)21-16(18)19/h2-8,16,20H,9-10H2,1H3. The van der Waals surface area contributed by atoms with E-state index in [0.29, 0.717) is 23.7 Å². The molecule has 0 unspecified atom stereocenters. The highest BCUT2D eigenvalue weighted by atomic mass is 35.5. The van der Waals surface area contributed by atoms with Crippen LogP contribution < -0.4 is 10.1 Å². The van der Waals surface area contributed by atoms with Gasteiger partial charge in [0.15, 0.2) is 0 Å². The maximum Gasteiger partial charge on any atom is 0.387 e. The van der Waals surface area contributed by atoms with Crippen LogP contribution in [0.2, 0.25) is 5.02 Å². The molecule has 2 nitrogen and oxygen atoms in total. The number of hydrogen-bond acceptors (Lipinski definition) is 2. The number of hydrogen-bond donors (Lipinski definition) is 1. The molecule has 0 amide bonds. The molecule has 1 N–H and O–H groups in total. The minimum Gasteiger partial charge on any atom is -0.434 e. The molecule has 0 saturated carbocycles. The lowest BCUT2D eigenvalue weighted by Gasteiger charge is -2.12. The Labute approximate surface area is 127 Å². The lowest BCUT2D eigenvalue weighted by molar-refractivity contribution is -0.0505. The maximum atomic E-state index is 12.3. The summed E-state index contributed by atoms with van der Waals surface area (Å²) in [6.45, 7) is 0.248. The van der Waals surface area contributed by atoms with E-state index in [1.807, 2.05) is 25.1 Å². The molecule has 2 aromatic rings. The summed E-state index contributed by atoms with van der Waals surface area (Å²) < 4.78 is 29.1. The molecule has 0 heterocycles. The Morgan fingerprint density at radius 2 is 1.81 bits per heavy atom. The topological polar surface area (TPSA) is 21.3 Å². The van der Waals surface area contributed by atoms with Crippen LogP contribution >= 0.6 is 11.6 Å². The van der Waals surface area contributed by atoms with Crippen molar-refractivity contribution >= 4 is 11.6 Å². The number of nitrogens with one attached hydrogen (secondary N) is 1. The third-order valence-corrected chi connectivity index (χ3v) is 3.36. The van der Waals surface area contributed by atoms with Gasteiger partial charge >= 0.3 is 6.61 Å². The lowest BCUT2D eigenvalue weighted by atomic mass is 10.1. The Balaban J connectivity index is 1.97. The summed E-state index contributed by atoms with van der Waals surface area (Å²) in [6, 6.07) is 12.4. The first kappa shape index (κ1) is 15.7. The third-order valence-electron chi connectivity index (χ3n) is 3.12. The number of ether oxygens (including phenoxy) is 1. The lowest BCUT2D eigenvalue weighted by Crippen LogP contribution is -2.15. The van der Waals surface area contributed by atoms with Crippen molar-refractivity contribution < 1.29 is 13.5 Å². The minimum absolute atomic E-state index is 0.202. The summed E-state index contributed by atoms with van der Waals surface area (Å²) in [4.78, 5) is 0. The molecule has 21 heavy (non-hydrogen) atoms. The van der Waals surface area contributed by atoms with Gasteiger partial charge in [-0.15, -0.1) is 0 Å². The van der Waals surface area contributed by atoms with Gasteiger partial charge in [0.1, 0.15) is 5.75 Å². The maximum absolute atomic E-state index is 12.3. The van der Waals surface area contributed by atoms with Gasteiger partial charge in [-0.2, -0.15) is 8.78 Å². The second-order valence-electron chi connectivity index (χ2n) is 4.66. The first-order chi connectivity index (χ1) is 10.1. The molecule has 0 spiro atoms. The molecule has 2 aromatic carbocycles. The molecule has 0 aromatic heterocycles. The summed E-state index contributed by atoms with van der Waals surface area (Å²) in [5, 5.41) is 3.92. The van der Waals surface area contributed by atoms with Crippen molar-refractivity contribution in [2.75, 3.05) is 0 Å². The Morgan fingerprint density at radius 3 is 2.52 bits per heavy atom. The van der Waals surface area contributed by atoms with Crippen molar-refractivity contribution in [3.8, 4) is 5.75 Å². The number of benzene rings is 2. The van der Waals surface area contributed by atoms with Crippen LogP contribution in [-0.4, -0.2) is 6.61 Å². The fourth-order valence-electron chi connectivity index (χ4n) is 2.05. The molecule has 0 aliphatic heterocycles. The third kappa shape index (κ3) is 4.69. The SMILES string of the molecule is Cc1cc(Cl)ccc1CNCc1ccccc1OC(F)F. The van der Waals surface area contributed by atoms with Crippen molar-refractivity contribution in [2.24, 2.45) is 0 Å². The highest BCUT2D eigenvalue weighted by molar-refractivity contribution is 6.30. The highest BCUT2D eigenvalue weighted by Crippen LogP contribution is 2.20. The van der Waals surface area contributed by atoms with Crippen molar-refractivity contribution in [3.63, 3.8) is 0 Å². The van der Waals surface area contributed by atoms with Gasteiger partial charge in [-0.3, -0.25) is 0 Å². The van der Waals surface area contributed by atoms with Crippen LogP contribution in [0, 0.1) is 6.92 Å². The van der Waals surface area contributed by atoms with E-state index >= 15 is 0 Å². The van der Waals surface area contributed by atoms with Crippen molar-refractivity contribution in [3.05, 3.63) is 64.2 Å². The number of alkyl halides is 2. The molecule has 2 rings (SSSR count). The van der Waals surface area contributed by atoms with E-state index < -0.39 is 6.61 Å². The Bertz CT molecular complexity index is 605. The van der Waals surface area contributed by atoms with Gasteiger partial charge in [-0.25, -0.2) is 0 Å². The number of halogens is 3. The van der Waals surface area contributed by atoms with E-state index in [4.69, 9.17) is 11.6 Å². The second-order valence-corrected chi connectivity index (χ2v) is 5.10. The summed E-state index contributed by atoms with van der Waals surface area (Å²) in [5.41, 5.74) is 2.91. The summed E-state index contributed by atoms with van der Waals surface area (Å²) in [6.07, 6.45) is 0. The average Bonchev–Trinajstić information content (AvgIpc) is 2.42. The summed E-state index contributed by atoms with van der Waals surface area (Å²) >= 11 is 5.91. The van der Waals surface area contributed by atoms with Crippen molar-refractivity contribution in [1.29, 1.82) is 0 Å². The van der Waals surface area contributed by atoms with E-state index in [0.717, 1.165) is 11.1 Å². The Morgan fingerprint density at radius 1 is 1.10 bits per heavy atom. The Kier molecular flexibility index (Phi) is 5.53. The molecular formula is C16H16ClF2NO. The van der Waals surface area contributed by atoms with Crippen LogP contribution in [0.5, 0.6) is 5.75 Å². The molecule has 0 radical (unpaired) electrons. The second kappa shape index (κ2) is 7.38. The fraction of sp³-hybridized carbons (Fsp3) is 0.250. The molecule has 0 bridgehead atoms. The molecule has 0 fully saturated rings. The monoisotopic (exact) mass is 311 g/mol. The number of aryl methyl sites for hydroxylation is 1. The minimum atomic E-state index is -2.82. The average molecular weight is 312 g/mol. The number of rotatable bonds is 6. The van der Waals surface area contributed by atoms with Crippen LogP contribution in [0.25, 0.3) is 0 Å². The van der Waals surface area contributed by atoms with E-state index in [1.54, 1.807) is 18.2 Å². The van der Waals surface area contributed by atoms with Crippen molar-refractivity contribution in [2.45, 2.75) is 26.6 Å². The molecule has 0 saturated heterocycles. The molecular weight excluding hydrogens is 296 g/mol.